The predicted molar refractivity (Wildman–Crippen MR) is 172 cm³/mol. The summed E-state index contributed by atoms with van der Waals surface area (Å²) >= 11 is 1.09. The summed E-state index contributed by atoms with van der Waals surface area (Å²) in [6, 6.07) is 13.0. The Bertz CT molecular complexity index is 1600. The van der Waals surface area contributed by atoms with Crippen LogP contribution in [0.3, 0.4) is 0 Å². The molecule has 1 saturated heterocycles. The summed E-state index contributed by atoms with van der Waals surface area (Å²) in [5.41, 5.74) is 1.12. The first-order valence-corrected chi connectivity index (χ1v) is 16.4. The number of piperidine rings is 1. The number of halogens is 1. The number of hydrogen-bond acceptors (Lipinski definition) is 7. The number of carbonyl (C=O) groups excluding carboxylic acids is 3. The number of carbonyl (C=O) groups is 3. The molecular formula is C34H40FN3O6S. The van der Waals surface area contributed by atoms with Crippen LogP contribution in [0.4, 0.5) is 20.6 Å². The number of anilines is 2. The molecule has 2 atom stereocenters. The maximum Gasteiger partial charge on any atom is 0.410 e. The summed E-state index contributed by atoms with van der Waals surface area (Å²) in [5, 5.41) is 0.515. The Balaban J connectivity index is 1.37. The van der Waals surface area contributed by atoms with Gasteiger partial charge < -0.3 is 28.9 Å². The molecule has 0 unspecified atom stereocenters. The second-order valence-electron chi connectivity index (χ2n) is 13.0. The average molecular weight is 638 g/mol. The zero-order chi connectivity index (χ0) is 31.9. The lowest BCUT2D eigenvalue weighted by atomic mass is 9.79. The SMILES string of the molecule is COCCCN1C(=O)COc2ccc(N(C(=O)[C@H]3CN(C(=O)OC(C)(C)C)CC[C@@H]3c3c(F)sc4ccccc34)C3CC3)cc21. The van der Waals surface area contributed by atoms with Crippen molar-refractivity contribution in [1.82, 2.24) is 4.90 Å². The van der Waals surface area contributed by atoms with Crippen LogP contribution < -0.4 is 14.5 Å². The molecule has 0 spiro atoms. The van der Waals surface area contributed by atoms with Gasteiger partial charge in [-0.15, -0.1) is 11.3 Å². The largest absolute Gasteiger partial charge is 0.482 e. The van der Waals surface area contributed by atoms with Crippen LogP contribution in [0, 0.1) is 11.0 Å². The van der Waals surface area contributed by atoms with E-state index in [9.17, 15) is 14.4 Å². The highest BCUT2D eigenvalue weighted by atomic mass is 32.1. The molecule has 2 fully saturated rings. The molecule has 1 aliphatic carbocycles. The van der Waals surface area contributed by atoms with Crippen LogP contribution >= 0.6 is 11.3 Å². The van der Waals surface area contributed by atoms with Crippen molar-refractivity contribution >= 4 is 50.7 Å². The number of hydrogen-bond donors (Lipinski definition) is 0. The van der Waals surface area contributed by atoms with E-state index in [0.29, 0.717) is 55.2 Å². The topological polar surface area (TPSA) is 88.6 Å². The van der Waals surface area contributed by atoms with E-state index in [1.54, 1.807) is 27.9 Å². The standard InChI is InChI=1S/C34H40FN3O6S/c1-34(2,3)44-33(41)36-16-14-23(30-24-8-5-6-9-28(24)45-31(30)35)25(19-36)32(40)38(21-10-11-21)22-12-13-27-26(18-22)37(15-7-17-42-4)29(39)20-43-27/h5-6,8-9,12-13,18,21,23,25H,7,10-11,14-17,19-20H2,1-4H3/t23-,25-/m0/s1. The second kappa shape index (κ2) is 12.6. The molecule has 240 valence electrons. The number of rotatable bonds is 8. The normalized spacial score (nSPS) is 20.2. The van der Waals surface area contributed by atoms with Crippen molar-refractivity contribution in [3.63, 3.8) is 0 Å². The number of benzene rings is 2. The molecule has 0 radical (unpaired) electrons. The van der Waals surface area contributed by atoms with Crippen LogP contribution in [0.1, 0.15) is 57.9 Å². The van der Waals surface area contributed by atoms with Crippen molar-refractivity contribution in [1.29, 1.82) is 0 Å². The lowest BCUT2D eigenvalue weighted by Crippen LogP contribution is -2.51. The first-order valence-electron chi connectivity index (χ1n) is 15.6. The molecule has 3 heterocycles. The monoisotopic (exact) mass is 637 g/mol. The van der Waals surface area contributed by atoms with Crippen molar-refractivity contribution in [2.45, 2.75) is 64.0 Å². The molecule has 9 nitrogen and oxygen atoms in total. The quantitative estimate of drug-likeness (QED) is 0.268. The summed E-state index contributed by atoms with van der Waals surface area (Å²) in [6.07, 6.45) is 2.26. The maximum atomic E-state index is 15.7. The molecule has 2 aliphatic heterocycles. The van der Waals surface area contributed by atoms with Gasteiger partial charge in [0.1, 0.15) is 11.4 Å². The number of methoxy groups -OCH3 is 1. The van der Waals surface area contributed by atoms with Gasteiger partial charge in [-0.1, -0.05) is 18.2 Å². The van der Waals surface area contributed by atoms with Gasteiger partial charge in [0, 0.05) is 61.3 Å². The number of fused-ring (bicyclic) bond motifs is 2. The third-order valence-corrected chi connectivity index (χ3v) is 9.56. The summed E-state index contributed by atoms with van der Waals surface area (Å²) in [4.78, 5) is 46.0. The van der Waals surface area contributed by atoms with Gasteiger partial charge in [-0.25, -0.2) is 4.79 Å². The van der Waals surface area contributed by atoms with Crippen molar-refractivity contribution in [3.05, 3.63) is 53.2 Å². The smallest absolute Gasteiger partial charge is 0.410 e. The summed E-state index contributed by atoms with van der Waals surface area (Å²) in [6.45, 7) is 6.82. The van der Waals surface area contributed by atoms with Crippen molar-refractivity contribution in [2.24, 2.45) is 5.92 Å². The number of amides is 3. The van der Waals surface area contributed by atoms with Gasteiger partial charge in [-0.05, 0) is 76.1 Å². The Hall–Kier alpha value is -3.70. The first-order chi connectivity index (χ1) is 21.6. The van der Waals surface area contributed by atoms with Crippen molar-refractivity contribution in [2.75, 3.05) is 49.8 Å². The van der Waals surface area contributed by atoms with E-state index in [0.717, 1.165) is 34.3 Å². The second-order valence-corrected chi connectivity index (χ2v) is 14.0. The Kier molecular flexibility index (Phi) is 8.76. The molecule has 3 aromatic rings. The summed E-state index contributed by atoms with van der Waals surface area (Å²) in [7, 11) is 1.62. The molecule has 1 saturated carbocycles. The van der Waals surface area contributed by atoms with Crippen molar-refractivity contribution in [3.8, 4) is 5.75 Å². The zero-order valence-corrected chi connectivity index (χ0v) is 27.0. The van der Waals surface area contributed by atoms with E-state index in [-0.39, 0.29) is 36.1 Å². The molecule has 3 amide bonds. The molecular weight excluding hydrogens is 597 g/mol. The van der Waals surface area contributed by atoms with Gasteiger partial charge in [-0.3, -0.25) is 9.59 Å². The van der Waals surface area contributed by atoms with Crippen LogP contribution in [0.25, 0.3) is 10.1 Å². The van der Waals surface area contributed by atoms with E-state index in [2.05, 4.69) is 0 Å². The van der Waals surface area contributed by atoms with Crippen LogP contribution in [-0.2, 0) is 19.1 Å². The first kappa shape index (κ1) is 31.3. The Labute approximate surface area is 266 Å². The molecule has 0 N–H and O–H groups in total. The Morgan fingerprint density at radius 1 is 1.13 bits per heavy atom. The fourth-order valence-electron chi connectivity index (χ4n) is 6.40. The summed E-state index contributed by atoms with van der Waals surface area (Å²) < 4.78 is 33.2. The number of thiophene rings is 1. The molecule has 2 aromatic carbocycles. The highest BCUT2D eigenvalue weighted by Crippen LogP contribution is 2.45. The number of likely N-dealkylation sites (tertiary alicyclic amines) is 1. The average Bonchev–Trinajstić information content (AvgIpc) is 3.78. The molecule has 6 rings (SSSR count). The number of nitrogens with zero attached hydrogens (tertiary/aromatic N) is 3. The fourth-order valence-corrected chi connectivity index (χ4v) is 7.40. The Morgan fingerprint density at radius 2 is 1.91 bits per heavy atom. The highest BCUT2D eigenvalue weighted by molar-refractivity contribution is 7.17. The predicted octanol–water partition coefficient (Wildman–Crippen LogP) is 6.34. The lowest BCUT2D eigenvalue weighted by molar-refractivity contribution is -0.124. The minimum absolute atomic E-state index is 0.0284. The van der Waals surface area contributed by atoms with Crippen LogP contribution in [-0.4, -0.2) is 74.4 Å². The lowest BCUT2D eigenvalue weighted by Gasteiger charge is -2.40. The van der Waals surface area contributed by atoms with Crippen LogP contribution in [0.2, 0.25) is 0 Å². The molecule has 3 aliphatic rings. The van der Waals surface area contributed by atoms with E-state index in [4.69, 9.17) is 14.2 Å². The summed E-state index contributed by atoms with van der Waals surface area (Å²) in [5.74, 6) is -0.871. The van der Waals surface area contributed by atoms with Gasteiger partial charge >= 0.3 is 6.09 Å². The van der Waals surface area contributed by atoms with Crippen LogP contribution in [0.15, 0.2) is 42.5 Å². The maximum absolute atomic E-state index is 15.7. The number of ether oxygens (including phenoxy) is 3. The van der Waals surface area contributed by atoms with E-state index >= 15 is 4.39 Å². The van der Waals surface area contributed by atoms with Gasteiger partial charge in [0.25, 0.3) is 5.91 Å². The van der Waals surface area contributed by atoms with E-state index in [1.165, 1.54) is 0 Å². The van der Waals surface area contributed by atoms with Gasteiger partial charge in [0.15, 0.2) is 11.7 Å². The van der Waals surface area contributed by atoms with Crippen LogP contribution in [0.5, 0.6) is 5.75 Å². The molecule has 1 aromatic heterocycles. The molecule has 45 heavy (non-hydrogen) atoms. The fraction of sp³-hybridized carbons (Fsp3) is 0.500. The third-order valence-electron chi connectivity index (χ3n) is 8.58. The van der Waals surface area contributed by atoms with Crippen molar-refractivity contribution < 1.29 is 33.0 Å². The van der Waals surface area contributed by atoms with E-state index in [1.807, 2.05) is 57.2 Å². The minimum atomic E-state index is -0.703. The molecule has 11 heteroatoms. The highest BCUT2D eigenvalue weighted by Gasteiger charge is 2.45. The zero-order valence-electron chi connectivity index (χ0n) is 26.2. The third kappa shape index (κ3) is 6.51. The van der Waals surface area contributed by atoms with E-state index < -0.39 is 23.5 Å². The van der Waals surface area contributed by atoms with Gasteiger partial charge in [0.2, 0.25) is 5.91 Å². The Morgan fingerprint density at radius 3 is 2.64 bits per heavy atom. The van der Waals surface area contributed by atoms with Gasteiger partial charge in [0.05, 0.1) is 11.6 Å². The molecule has 0 bridgehead atoms. The minimum Gasteiger partial charge on any atom is -0.482 e. The van der Waals surface area contributed by atoms with Gasteiger partial charge in [-0.2, -0.15) is 4.39 Å².